The molecule has 1 heterocycles. The van der Waals surface area contributed by atoms with Gasteiger partial charge in [0.15, 0.2) is 0 Å². The highest BCUT2D eigenvalue weighted by atomic mass is 16.5. The third kappa shape index (κ3) is 5.72. The topological polar surface area (TPSA) is 50.4 Å². The Morgan fingerprint density at radius 3 is 2.19 bits per heavy atom. The van der Waals surface area contributed by atoms with Crippen LogP contribution < -0.4 is 15.4 Å². The van der Waals surface area contributed by atoms with Crippen molar-refractivity contribution in [2.75, 3.05) is 0 Å². The molecule has 32 heavy (non-hydrogen) atoms. The Morgan fingerprint density at radius 2 is 1.53 bits per heavy atom. The lowest BCUT2D eigenvalue weighted by Gasteiger charge is -2.46. The van der Waals surface area contributed by atoms with E-state index < -0.39 is 0 Å². The first-order valence-electron chi connectivity index (χ1n) is 12.2. The second-order valence-corrected chi connectivity index (χ2v) is 11.0. The Kier molecular flexibility index (Phi) is 6.62. The molecule has 2 aromatic rings. The van der Waals surface area contributed by atoms with Crippen molar-refractivity contribution in [2.24, 2.45) is 0 Å². The quantitative estimate of drug-likeness (QED) is 0.560. The summed E-state index contributed by atoms with van der Waals surface area (Å²) in [6, 6.07) is 16.1. The molecular weight excluding hydrogens is 396 g/mol. The van der Waals surface area contributed by atoms with E-state index in [0.717, 1.165) is 24.3 Å². The molecule has 1 saturated carbocycles. The summed E-state index contributed by atoms with van der Waals surface area (Å²) >= 11 is 0. The maximum absolute atomic E-state index is 12.9. The van der Waals surface area contributed by atoms with Crippen molar-refractivity contribution in [3.05, 3.63) is 59.7 Å². The zero-order chi connectivity index (χ0) is 22.8. The van der Waals surface area contributed by atoms with E-state index >= 15 is 0 Å². The van der Waals surface area contributed by atoms with Crippen LogP contribution in [0.2, 0.25) is 0 Å². The van der Waals surface area contributed by atoms with E-state index in [2.05, 4.69) is 56.5 Å². The molecule has 4 nitrogen and oxygen atoms in total. The van der Waals surface area contributed by atoms with Crippen LogP contribution in [0.15, 0.2) is 48.5 Å². The third-order valence-electron chi connectivity index (χ3n) is 6.83. The minimum atomic E-state index is -0.0161. The highest BCUT2D eigenvalue weighted by Gasteiger charge is 2.38. The molecule has 0 spiro atoms. The molecule has 0 atom stereocenters. The van der Waals surface area contributed by atoms with Crippen LogP contribution in [0, 0.1) is 0 Å². The van der Waals surface area contributed by atoms with Crippen molar-refractivity contribution in [1.29, 1.82) is 0 Å². The molecule has 0 aromatic heterocycles. The van der Waals surface area contributed by atoms with Gasteiger partial charge in [0, 0.05) is 22.7 Å². The molecule has 172 valence electrons. The summed E-state index contributed by atoms with van der Waals surface area (Å²) in [6.07, 6.45) is 8.26. The van der Waals surface area contributed by atoms with Crippen molar-refractivity contribution in [3.63, 3.8) is 0 Å². The smallest absolute Gasteiger partial charge is 0.251 e. The van der Waals surface area contributed by atoms with E-state index in [0.29, 0.717) is 11.5 Å². The molecule has 1 amide bonds. The summed E-state index contributed by atoms with van der Waals surface area (Å²) in [6.45, 7) is 8.80. The average Bonchev–Trinajstić information content (AvgIpc) is 2.73. The van der Waals surface area contributed by atoms with Gasteiger partial charge in [-0.1, -0.05) is 37.5 Å². The molecular formula is C28H38N2O2. The van der Waals surface area contributed by atoms with Gasteiger partial charge in [0.1, 0.15) is 11.5 Å². The Labute approximate surface area is 193 Å². The SMILES string of the molecule is CC1(C)CC(NC(=O)c2ccc(Oc3ccccc3C3CCCCC3)cc2)CC(C)(C)N1. The molecule has 2 aliphatic rings. The minimum Gasteiger partial charge on any atom is -0.457 e. The van der Waals surface area contributed by atoms with Crippen LogP contribution in [0.25, 0.3) is 0 Å². The highest BCUT2D eigenvalue weighted by Crippen LogP contribution is 2.38. The monoisotopic (exact) mass is 434 g/mol. The third-order valence-corrected chi connectivity index (χ3v) is 6.83. The zero-order valence-corrected chi connectivity index (χ0v) is 20.0. The van der Waals surface area contributed by atoms with Gasteiger partial charge in [-0.15, -0.1) is 0 Å². The van der Waals surface area contributed by atoms with E-state index in [9.17, 15) is 4.79 Å². The molecule has 0 radical (unpaired) electrons. The van der Waals surface area contributed by atoms with Gasteiger partial charge in [-0.25, -0.2) is 0 Å². The molecule has 1 saturated heterocycles. The number of hydrogen-bond acceptors (Lipinski definition) is 3. The first kappa shape index (κ1) is 22.8. The molecule has 4 rings (SSSR count). The van der Waals surface area contributed by atoms with Crippen LogP contribution in [-0.2, 0) is 0 Å². The Hall–Kier alpha value is -2.33. The number of hydrogen-bond donors (Lipinski definition) is 2. The first-order chi connectivity index (χ1) is 15.2. The van der Waals surface area contributed by atoms with Crippen molar-refractivity contribution in [2.45, 2.75) is 95.7 Å². The molecule has 2 fully saturated rings. The average molecular weight is 435 g/mol. The normalized spacial score (nSPS) is 21.1. The lowest BCUT2D eigenvalue weighted by Crippen LogP contribution is -2.62. The Morgan fingerprint density at radius 1 is 0.906 bits per heavy atom. The largest absolute Gasteiger partial charge is 0.457 e. The van der Waals surface area contributed by atoms with E-state index in [4.69, 9.17) is 4.74 Å². The maximum atomic E-state index is 12.9. The summed E-state index contributed by atoms with van der Waals surface area (Å²) in [5.74, 6) is 2.28. The second kappa shape index (κ2) is 9.27. The van der Waals surface area contributed by atoms with Gasteiger partial charge in [0.2, 0.25) is 0 Å². The van der Waals surface area contributed by atoms with E-state index in [-0.39, 0.29) is 23.0 Å². The van der Waals surface area contributed by atoms with Crippen LogP contribution in [0.5, 0.6) is 11.5 Å². The summed E-state index contributed by atoms with van der Waals surface area (Å²) < 4.78 is 6.26. The van der Waals surface area contributed by atoms with Gasteiger partial charge in [0.25, 0.3) is 5.91 Å². The second-order valence-electron chi connectivity index (χ2n) is 11.0. The van der Waals surface area contributed by atoms with E-state index in [1.165, 1.54) is 37.7 Å². The Bertz CT molecular complexity index is 911. The number of rotatable bonds is 5. The minimum absolute atomic E-state index is 0.00309. The summed E-state index contributed by atoms with van der Waals surface area (Å²) in [4.78, 5) is 12.9. The molecule has 0 unspecified atom stereocenters. The van der Waals surface area contributed by atoms with Gasteiger partial charge in [0.05, 0.1) is 0 Å². The predicted molar refractivity (Wildman–Crippen MR) is 131 cm³/mol. The fourth-order valence-electron chi connectivity index (χ4n) is 5.82. The van der Waals surface area contributed by atoms with Gasteiger partial charge >= 0.3 is 0 Å². The van der Waals surface area contributed by atoms with Crippen molar-refractivity contribution < 1.29 is 9.53 Å². The van der Waals surface area contributed by atoms with Crippen molar-refractivity contribution in [3.8, 4) is 11.5 Å². The standard InChI is InChI=1S/C28H38N2O2/c1-27(2)18-22(19-28(3,4)30-27)29-26(31)21-14-16-23(17-15-21)32-25-13-9-8-12-24(25)20-10-6-5-7-11-20/h8-9,12-17,20,22,30H,5-7,10-11,18-19H2,1-4H3,(H,29,31). The maximum Gasteiger partial charge on any atom is 0.251 e. The molecule has 4 heteroatoms. The van der Waals surface area contributed by atoms with Gasteiger partial charge in [-0.05, 0) is 95.2 Å². The van der Waals surface area contributed by atoms with Crippen molar-refractivity contribution >= 4 is 5.91 Å². The van der Waals surface area contributed by atoms with Crippen LogP contribution in [0.3, 0.4) is 0 Å². The summed E-state index contributed by atoms with van der Waals surface area (Å²) in [5.41, 5.74) is 1.99. The van der Waals surface area contributed by atoms with Crippen LogP contribution >= 0.6 is 0 Å². The number of carbonyl (C=O) groups is 1. The van der Waals surface area contributed by atoms with Crippen LogP contribution in [0.1, 0.15) is 94.5 Å². The number of carbonyl (C=O) groups excluding carboxylic acids is 1. The van der Waals surface area contributed by atoms with E-state index in [1.54, 1.807) is 0 Å². The molecule has 1 aliphatic carbocycles. The lowest BCUT2D eigenvalue weighted by molar-refractivity contribution is 0.0873. The predicted octanol–water partition coefficient (Wildman–Crippen LogP) is 6.57. The highest BCUT2D eigenvalue weighted by molar-refractivity contribution is 5.94. The first-order valence-corrected chi connectivity index (χ1v) is 12.2. The van der Waals surface area contributed by atoms with E-state index in [1.807, 2.05) is 30.3 Å². The number of ether oxygens (including phenoxy) is 1. The van der Waals surface area contributed by atoms with Gasteiger partial charge < -0.3 is 15.4 Å². The van der Waals surface area contributed by atoms with Crippen molar-refractivity contribution in [1.82, 2.24) is 10.6 Å². The number of amides is 1. The number of nitrogens with one attached hydrogen (secondary N) is 2. The van der Waals surface area contributed by atoms with Gasteiger partial charge in [-0.2, -0.15) is 0 Å². The fourth-order valence-corrected chi connectivity index (χ4v) is 5.82. The molecule has 2 N–H and O–H groups in total. The molecule has 1 aliphatic heterocycles. The lowest BCUT2D eigenvalue weighted by atomic mass is 9.79. The number of piperidine rings is 1. The fraction of sp³-hybridized carbons (Fsp3) is 0.536. The molecule has 0 bridgehead atoms. The van der Waals surface area contributed by atoms with Gasteiger partial charge in [-0.3, -0.25) is 4.79 Å². The summed E-state index contributed by atoms with van der Waals surface area (Å²) in [5, 5.41) is 6.91. The number of para-hydroxylation sites is 1. The Balaban J connectivity index is 1.41. The molecule has 2 aromatic carbocycles. The number of benzene rings is 2. The summed E-state index contributed by atoms with van der Waals surface area (Å²) in [7, 11) is 0. The van der Waals surface area contributed by atoms with Crippen LogP contribution in [0.4, 0.5) is 0 Å². The van der Waals surface area contributed by atoms with Crippen LogP contribution in [-0.4, -0.2) is 23.0 Å². The zero-order valence-electron chi connectivity index (χ0n) is 20.0.